The number of carboxylic acids is 1. The van der Waals surface area contributed by atoms with Gasteiger partial charge in [-0.1, -0.05) is 0 Å². The quantitative estimate of drug-likeness (QED) is 0.706. The van der Waals surface area contributed by atoms with Crippen molar-refractivity contribution in [3.8, 4) is 0 Å². The van der Waals surface area contributed by atoms with Gasteiger partial charge < -0.3 is 14.9 Å². The van der Waals surface area contributed by atoms with Gasteiger partial charge in [-0.05, 0) is 27.7 Å². The molecule has 1 heterocycles. The molecule has 0 saturated carbocycles. The van der Waals surface area contributed by atoms with Gasteiger partial charge in [0.1, 0.15) is 5.60 Å². The van der Waals surface area contributed by atoms with E-state index >= 15 is 0 Å². The highest BCUT2D eigenvalue weighted by molar-refractivity contribution is 6.03. The summed E-state index contributed by atoms with van der Waals surface area (Å²) in [6.45, 7) is 5.79. The van der Waals surface area contributed by atoms with Gasteiger partial charge in [0, 0.05) is 12.8 Å². The molecule has 0 spiro atoms. The standard InChI is InChI=1S/C13H20N2O7/c1-7(16)10(11(19)20)15(12(21)22-13(2,3)4)14-8(17)5-6-9(14)18/h7,10,16H,5-6H2,1-4H3,(H,19,20)/t7?,10-/m0/s1. The number of carbonyl (C=O) groups is 4. The van der Waals surface area contributed by atoms with Gasteiger partial charge in [0.15, 0.2) is 6.04 Å². The molecular weight excluding hydrogens is 296 g/mol. The SMILES string of the molecule is CC(O)[C@@H](C(=O)O)N(C(=O)OC(C)(C)C)N1C(=O)CCC1=O. The van der Waals surface area contributed by atoms with Crippen molar-refractivity contribution in [1.29, 1.82) is 0 Å². The number of hydrogen-bond acceptors (Lipinski definition) is 6. The number of nitrogens with zero attached hydrogens (tertiary/aromatic N) is 2. The van der Waals surface area contributed by atoms with Crippen LogP contribution in [0.1, 0.15) is 40.5 Å². The number of aliphatic hydroxyl groups excluding tert-OH is 1. The number of hydrazine groups is 1. The van der Waals surface area contributed by atoms with Gasteiger partial charge in [-0.3, -0.25) is 9.59 Å². The highest BCUT2D eigenvalue weighted by atomic mass is 16.6. The first-order chi connectivity index (χ1) is 9.95. The monoisotopic (exact) mass is 316 g/mol. The average molecular weight is 316 g/mol. The first-order valence-corrected chi connectivity index (χ1v) is 6.74. The van der Waals surface area contributed by atoms with E-state index in [9.17, 15) is 29.4 Å². The molecule has 0 radical (unpaired) electrons. The van der Waals surface area contributed by atoms with Crippen LogP contribution in [0.3, 0.4) is 0 Å². The van der Waals surface area contributed by atoms with Crippen LogP contribution >= 0.6 is 0 Å². The van der Waals surface area contributed by atoms with Gasteiger partial charge >= 0.3 is 12.1 Å². The zero-order valence-electron chi connectivity index (χ0n) is 12.9. The Kier molecular flexibility index (Phi) is 5.13. The number of carbonyl (C=O) groups excluding carboxylic acids is 3. The summed E-state index contributed by atoms with van der Waals surface area (Å²) in [6, 6.07) is -1.82. The molecule has 0 bridgehead atoms. The topological polar surface area (TPSA) is 124 Å². The van der Waals surface area contributed by atoms with Crippen LogP contribution in [0.25, 0.3) is 0 Å². The van der Waals surface area contributed by atoms with Gasteiger partial charge in [-0.2, -0.15) is 10.0 Å². The Bertz CT molecular complexity index is 479. The summed E-state index contributed by atoms with van der Waals surface area (Å²) in [6.07, 6.45) is -2.98. The molecule has 2 N–H and O–H groups in total. The summed E-state index contributed by atoms with van der Waals surface area (Å²) in [4.78, 5) is 47.3. The van der Waals surface area contributed by atoms with Crippen molar-refractivity contribution >= 4 is 23.9 Å². The first kappa shape index (κ1) is 17.9. The number of imide groups is 1. The minimum atomic E-state index is -1.82. The Morgan fingerprint density at radius 2 is 1.68 bits per heavy atom. The Morgan fingerprint density at radius 1 is 1.23 bits per heavy atom. The second-order valence-corrected chi connectivity index (χ2v) is 5.95. The summed E-state index contributed by atoms with van der Waals surface area (Å²) in [5.41, 5.74) is -0.969. The molecule has 1 aliphatic heterocycles. The summed E-state index contributed by atoms with van der Waals surface area (Å²) >= 11 is 0. The summed E-state index contributed by atoms with van der Waals surface area (Å²) in [7, 11) is 0. The first-order valence-electron chi connectivity index (χ1n) is 6.74. The number of hydrogen-bond donors (Lipinski definition) is 2. The molecule has 1 aliphatic rings. The van der Waals surface area contributed by atoms with Crippen LogP contribution in [-0.2, 0) is 19.1 Å². The fraction of sp³-hybridized carbons (Fsp3) is 0.692. The van der Waals surface area contributed by atoms with Gasteiger partial charge in [-0.15, -0.1) is 0 Å². The predicted octanol–water partition coefficient (Wildman–Crippen LogP) is 0.121. The van der Waals surface area contributed by atoms with Crippen molar-refractivity contribution in [3.63, 3.8) is 0 Å². The molecule has 0 aromatic heterocycles. The highest BCUT2D eigenvalue weighted by Crippen LogP contribution is 2.22. The normalized spacial score (nSPS) is 18.1. The van der Waals surface area contributed by atoms with E-state index in [0.29, 0.717) is 10.0 Å². The highest BCUT2D eigenvalue weighted by Gasteiger charge is 2.46. The molecule has 0 aliphatic carbocycles. The molecule has 2 atom stereocenters. The van der Waals surface area contributed by atoms with Crippen molar-refractivity contribution in [2.75, 3.05) is 0 Å². The van der Waals surface area contributed by atoms with Crippen molar-refractivity contribution in [2.45, 2.75) is 58.3 Å². The summed E-state index contributed by atoms with van der Waals surface area (Å²) < 4.78 is 5.06. The largest absolute Gasteiger partial charge is 0.480 e. The van der Waals surface area contributed by atoms with E-state index in [1.165, 1.54) is 0 Å². The van der Waals surface area contributed by atoms with Crippen molar-refractivity contribution in [3.05, 3.63) is 0 Å². The summed E-state index contributed by atoms with van der Waals surface area (Å²) in [5, 5.41) is 19.7. The molecule has 1 fully saturated rings. The third-order valence-corrected chi connectivity index (χ3v) is 2.79. The van der Waals surface area contributed by atoms with E-state index in [-0.39, 0.29) is 12.8 Å². The minimum Gasteiger partial charge on any atom is -0.480 e. The third-order valence-electron chi connectivity index (χ3n) is 2.79. The number of ether oxygens (including phenoxy) is 1. The third kappa shape index (κ3) is 3.94. The number of rotatable bonds is 4. The Balaban J connectivity index is 3.25. The average Bonchev–Trinajstić information content (AvgIpc) is 2.62. The lowest BCUT2D eigenvalue weighted by Crippen LogP contribution is -2.61. The molecule has 9 heteroatoms. The number of carboxylic acid groups (broad SMARTS) is 1. The van der Waals surface area contributed by atoms with Gasteiger partial charge in [0.25, 0.3) is 0 Å². The maximum atomic E-state index is 12.3. The Hall–Kier alpha value is -2.16. The van der Waals surface area contributed by atoms with E-state index in [1.807, 2.05) is 0 Å². The van der Waals surface area contributed by atoms with Gasteiger partial charge in [-0.25, -0.2) is 9.59 Å². The van der Waals surface area contributed by atoms with Crippen LogP contribution in [0.15, 0.2) is 0 Å². The fourth-order valence-electron chi connectivity index (χ4n) is 1.95. The lowest BCUT2D eigenvalue weighted by molar-refractivity contribution is -0.171. The molecule has 1 unspecified atom stereocenters. The minimum absolute atomic E-state index is 0.135. The van der Waals surface area contributed by atoms with Crippen LogP contribution in [0.2, 0.25) is 0 Å². The number of aliphatic hydroxyl groups is 1. The van der Waals surface area contributed by atoms with Crippen molar-refractivity contribution < 1.29 is 34.1 Å². The molecule has 9 nitrogen and oxygen atoms in total. The molecule has 1 rings (SSSR count). The fourth-order valence-corrected chi connectivity index (χ4v) is 1.95. The zero-order chi connectivity index (χ0) is 17.2. The van der Waals surface area contributed by atoms with E-state index < -0.39 is 41.6 Å². The molecule has 22 heavy (non-hydrogen) atoms. The van der Waals surface area contributed by atoms with E-state index in [4.69, 9.17) is 4.74 Å². The van der Waals surface area contributed by atoms with Crippen LogP contribution in [-0.4, -0.2) is 61.9 Å². The maximum absolute atomic E-state index is 12.3. The lowest BCUT2D eigenvalue weighted by Gasteiger charge is -2.36. The van der Waals surface area contributed by atoms with E-state index in [2.05, 4.69) is 0 Å². The van der Waals surface area contributed by atoms with Crippen LogP contribution in [0.4, 0.5) is 4.79 Å². The van der Waals surface area contributed by atoms with E-state index in [0.717, 1.165) is 6.92 Å². The molecule has 124 valence electrons. The van der Waals surface area contributed by atoms with E-state index in [1.54, 1.807) is 20.8 Å². The number of amides is 3. The smallest absolute Gasteiger partial charge is 0.430 e. The zero-order valence-corrected chi connectivity index (χ0v) is 12.9. The van der Waals surface area contributed by atoms with Crippen LogP contribution in [0.5, 0.6) is 0 Å². The summed E-state index contributed by atoms with van der Waals surface area (Å²) in [5.74, 6) is -3.00. The molecule has 1 saturated heterocycles. The van der Waals surface area contributed by atoms with Gasteiger partial charge in [0.05, 0.1) is 6.10 Å². The Morgan fingerprint density at radius 3 is 2.00 bits per heavy atom. The van der Waals surface area contributed by atoms with Gasteiger partial charge in [0.2, 0.25) is 11.8 Å². The molecule has 0 aromatic carbocycles. The lowest BCUT2D eigenvalue weighted by atomic mass is 10.1. The van der Waals surface area contributed by atoms with Crippen LogP contribution < -0.4 is 0 Å². The second-order valence-electron chi connectivity index (χ2n) is 5.95. The second kappa shape index (κ2) is 6.30. The predicted molar refractivity (Wildman–Crippen MR) is 72.3 cm³/mol. The molecule has 3 amide bonds. The molecule has 0 aromatic rings. The van der Waals surface area contributed by atoms with Crippen molar-refractivity contribution in [2.24, 2.45) is 0 Å². The maximum Gasteiger partial charge on any atom is 0.430 e. The van der Waals surface area contributed by atoms with Crippen molar-refractivity contribution in [1.82, 2.24) is 10.0 Å². The number of aliphatic carboxylic acids is 1. The molecular formula is C13H20N2O7. The van der Waals surface area contributed by atoms with Crippen LogP contribution in [0, 0.1) is 0 Å². The Labute approximate surface area is 127 Å².